The summed E-state index contributed by atoms with van der Waals surface area (Å²) in [6.45, 7) is 7.93. The number of hydrogen-bond donors (Lipinski definition) is 0. The highest BCUT2D eigenvalue weighted by molar-refractivity contribution is 5.86. The molecule has 1 aliphatic heterocycles. The number of ether oxygens (including phenoxy) is 1. The fourth-order valence-corrected chi connectivity index (χ4v) is 5.29. The highest BCUT2D eigenvalue weighted by atomic mass is 16.5. The van der Waals surface area contributed by atoms with Crippen LogP contribution in [0.25, 0.3) is 16.7 Å². The first-order chi connectivity index (χ1) is 17.0. The second-order valence-electron chi connectivity index (χ2n) is 9.29. The van der Waals surface area contributed by atoms with Gasteiger partial charge in [0.15, 0.2) is 5.65 Å². The van der Waals surface area contributed by atoms with Crippen molar-refractivity contribution in [2.45, 2.75) is 40.0 Å². The number of nitrogens with zero attached hydrogens (tertiary/aromatic N) is 4. The van der Waals surface area contributed by atoms with Crippen LogP contribution in [0.4, 0.5) is 5.82 Å². The second kappa shape index (κ2) is 9.42. The smallest absolute Gasteiger partial charge is 0.309 e. The van der Waals surface area contributed by atoms with Crippen molar-refractivity contribution in [1.29, 1.82) is 5.26 Å². The number of anilines is 1. The number of aromatic nitrogens is 2. The third-order valence-electron chi connectivity index (χ3n) is 7.25. The molecule has 0 radical (unpaired) electrons. The highest BCUT2D eigenvalue weighted by Gasteiger charge is 2.30. The minimum absolute atomic E-state index is 0.0690. The van der Waals surface area contributed by atoms with Crippen molar-refractivity contribution >= 4 is 28.5 Å². The molecule has 1 saturated heterocycles. The monoisotopic (exact) mass is 466 g/mol. The molecule has 4 aromatic rings. The lowest BCUT2D eigenvalue weighted by Crippen LogP contribution is -2.38. The quantitative estimate of drug-likeness (QED) is 0.371. The molecule has 0 amide bonds. The maximum Gasteiger partial charge on any atom is 0.309 e. The maximum absolute atomic E-state index is 12.4. The van der Waals surface area contributed by atoms with Crippen LogP contribution in [0.2, 0.25) is 0 Å². The number of nitriles is 1. The molecule has 6 heteroatoms. The van der Waals surface area contributed by atoms with Gasteiger partial charge >= 0.3 is 5.97 Å². The SMILES string of the molecule is CCOC(=O)C1CCN(c2c(Cc3ccccc3C)c(C)c(C#N)c3nc4ccccc4n23)CC1. The molecule has 1 aliphatic rings. The van der Waals surface area contributed by atoms with Crippen molar-refractivity contribution in [3.63, 3.8) is 0 Å². The number of aryl methyl sites for hydroxylation is 1. The minimum Gasteiger partial charge on any atom is -0.466 e. The molecular formula is C29H30N4O2. The van der Waals surface area contributed by atoms with E-state index < -0.39 is 0 Å². The van der Waals surface area contributed by atoms with Crippen molar-refractivity contribution in [3.05, 3.63) is 76.3 Å². The van der Waals surface area contributed by atoms with E-state index >= 15 is 0 Å². The molecule has 6 nitrogen and oxygen atoms in total. The first-order valence-corrected chi connectivity index (χ1v) is 12.3. The molecule has 178 valence electrons. The fourth-order valence-electron chi connectivity index (χ4n) is 5.29. The zero-order valence-electron chi connectivity index (χ0n) is 20.5. The summed E-state index contributed by atoms with van der Waals surface area (Å²) in [6.07, 6.45) is 2.22. The molecule has 0 aliphatic carbocycles. The van der Waals surface area contributed by atoms with Gasteiger partial charge in [0.25, 0.3) is 0 Å². The largest absolute Gasteiger partial charge is 0.466 e. The summed E-state index contributed by atoms with van der Waals surface area (Å²) in [6, 6.07) is 18.9. The summed E-state index contributed by atoms with van der Waals surface area (Å²) in [5.41, 5.74) is 7.77. The van der Waals surface area contributed by atoms with E-state index in [2.05, 4.69) is 52.6 Å². The van der Waals surface area contributed by atoms with E-state index in [-0.39, 0.29) is 11.9 Å². The third-order valence-corrected chi connectivity index (χ3v) is 7.25. The van der Waals surface area contributed by atoms with Crippen molar-refractivity contribution < 1.29 is 9.53 Å². The van der Waals surface area contributed by atoms with Gasteiger partial charge in [-0.25, -0.2) is 4.98 Å². The number of carbonyl (C=O) groups excluding carboxylic acids is 1. The number of pyridine rings is 1. The Balaban J connectivity index is 1.70. The van der Waals surface area contributed by atoms with Gasteiger partial charge in [0.2, 0.25) is 0 Å². The number of imidazole rings is 1. The molecule has 5 rings (SSSR count). The van der Waals surface area contributed by atoms with Gasteiger partial charge in [-0.2, -0.15) is 5.26 Å². The molecule has 0 unspecified atom stereocenters. The summed E-state index contributed by atoms with van der Waals surface area (Å²) in [5.74, 6) is 0.915. The molecule has 3 heterocycles. The predicted octanol–water partition coefficient (Wildman–Crippen LogP) is 5.35. The second-order valence-corrected chi connectivity index (χ2v) is 9.29. The number of hydrogen-bond acceptors (Lipinski definition) is 5. The average molecular weight is 467 g/mol. The Morgan fingerprint density at radius 2 is 1.83 bits per heavy atom. The highest BCUT2D eigenvalue weighted by Crippen LogP contribution is 2.36. The number of fused-ring (bicyclic) bond motifs is 3. The van der Waals surface area contributed by atoms with Crippen LogP contribution < -0.4 is 4.90 Å². The predicted molar refractivity (Wildman–Crippen MR) is 138 cm³/mol. The van der Waals surface area contributed by atoms with Gasteiger partial charge in [0.1, 0.15) is 11.9 Å². The minimum atomic E-state index is -0.0958. The van der Waals surface area contributed by atoms with Crippen LogP contribution >= 0.6 is 0 Å². The van der Waals surface area contributed by atoms with E-state index in [1.165, 1.54) is 11.1 Å². The van der Waals surface area contributed by atoms with Gasteiger partial charge in [-0.15, -0.1) is 0 Å². The van der Waals surface area contributed by atoms with Gasteiger partial charge in [0, 0.05) is 25.1 Å². The molecule has 2 aromatic carbocycles. The van der Waals surface area contributed by atoms with Crippen molar-refractivity contribution in [2.75, 3.05) is 24.6 Å². The first kappa shape index (κ1) is 22.9. The van der Waals surface area contributed by atoms with Crippen LogP contribution in [0, 0.1) is 31.1 Å². The Morgan fingerprint density at radius 3 is 2.54 bits per heavy atom. The fraction of sp³-hybridized carbons (Fsp3) is 0.345. The normalized spacial score (nSPS) is 14.4. The maximum atomic E-state index is 12.4. The van der Waals surface area contributed by atoms with Crippen LogP contribution in [-0.2, 0) is 16.0 Å². The third kappa shape index (κ3) is 4.01. The molecule has 0 atom stereocenters. The summed E-state index contributed by atoms with van der Waals surface area (Å²) in [7, 11) is 0. The number of piperidine rings is 1. The summed E-state index contributed by atoms with van der Waals surface area (Å²) < 4.78 is 7.46. The van der Waals surface area contributed by atoms with Crippen LogP contribution in [0.15, 0.2) is 48.5 Å². The van der Waals surface area contributed by atoms with E-state index in [1.54, 1.807) is 0 Å². The Bertz CT molecular complexity index is 1460. The molecule has 0 saturated carbocycles. The van der Waals surface area contributed by atoms with Gasteiger partial charge in [0.05, 0.1) is 29.1 Å². The Hall–Kier alpha value is -3.85. The topological polar surface area (TPSA) is 70.6 Å². The molecule has 35 heavy (non-hydrogen) atoms. The summed E-state index contributed by atoms with van der Waals surface area (Å²) in [5, 5.41) is 10.2. The number of carbonyl (C=O) groups is 1. The lowest BCUT2D eigenvalue weighted by Gasteiger charge is -2.35. The molecule has 0 N–H and O–H groups in total. The Morgan fingerprint density at radius 1 is 1.11 bits per heavy atom. The van der Waals surface area contributed by atoms with Crippen LogP contribution in [0.1, 0.15) is 47.6 Å². The molecular weight excluding hydrogens is 436 g/mol. The zero-order valence-corrected chi connectivity index (χ0v) is 20.5. The lowest BCUT2D eigenvalue weighted by molar-refractivity contribution is -0.148. The summed E-state index contributed by atoms with van der Waals surface area (Å²) >= 11 is 0. The Kier molecular flexibility index (Phi) is 6.17. The molecule has 1 fully saturated rings. The van der Waals surface area contributed by atoms with E-state index in [0.29, 0.717) is 17.8 Å². The first-order valence-electron chi connectivity index (χ1n) is 12.3. The van der Waals surface area contributed by atoms with Crippen molar-refractivity contribution in [1.82, 2.24) is 9.38 Å². The van der Waals surface area contributed by atoms with E-state index in [1.807, 2.05) is 32.0 Å². The zero-order chi connectivity index (χ0) is 24.5. The van der Waals surface area contributed by atoms with Crippen LogP contribution in [-0.4, -0.2) is 35.1 Å². The number of esters is 1. The van der Waals surface area contributed by atoms with Crippen LogP contribution in [0.5, 0.6) is 0 Å². The van der Waals surface area contributed by atoms with Crippen molar-refractivity contribution in [3.8, 4) is 6.07 Å². The van der Waals surface area contributed by atoms with Gasteiger partial charge < -0.3 is 9.64 Å². The van der Waals surface area contributed by atoms with Gasteiger partial charge in [-0.1, -0.05) is 36.4 Å². The van der Waals surface area contributed by atoms with E-state index in [4.69, 9.17) is 9.72 Å². The van der Waals surface area contributed by atoms with Crippen LogP contribution in [0.3, 0.4) is 0 Å². The molecule has 0 spiro atoms. The average Bonchev–Trinajstić information content (AvgIpc) is 3.25. The van der Waals surface area contributed by atoms with E-state index in [9.17, 15) is 10.1 Å². The van der Waals surface area contributed by atoms with E-state index in [0.717, 1.165) is 60.3 Å². The molecule has 0 bridgehead atoms. The summed E-state index contributed by atoms with van der Waals surface area (Å²) in [4.78, 5) is 19.6. The number of rotatable bonds is 5. The van der Waals surface area contributed by atoms with Crippen molar-refractivity contribution in [2.24, 2.45) is 5.92 Å². The van der Waals surface area contributed by atoms with Gasteiger partial charge in [-0.3, -0.25) is 9.20 Å². The number of benzene rings is 2. The van der Waals surface area contributed by atoms with Gasteiger partial charge in [-0.05, 0) is 62.4 Å². The standard InChI is InChI=1S/C29H30N4O2/c1-4-35-29(34)21-13-15-32(16-14-21)28-23(17-22-10-6-5-9-19(22)2)20(3)24(18-30)27-31-25-11-7-8-12-26(25)33(27)28/h5-12,21H,4,13-17H2,1-3H3. The Labute approximate surface area is 205 Å². The molecule has 2 aromatic heterocycles. The number of para-hydroxylation sites is 2. The lowest BCUT2D eigenvalue weighted by atomic mass is 9.93.